The molecule has 0 saturated carbocycles. The van der Waals surface area contributed by atoms with E-state index in [1.165, 1.54) is 25.7 Å². The SMILES string of the molecule is CCCC1CCN(c2nc(CC)c(C=O)s2)CC1. The number of aryl methyl sites for hydroxylation is 1. The standard InChI is InChI=1S/C14H22N2OS/c1-3-5-11-6-8-16(9-7-11)14-15-12(4-2)13(10-17)18-14/h10-11H,3-9H2,1-2H3. The highest BCUT2D eigenvalue weighted by atomic mass is 32.1. The molecule has 0 N–H and O–H groups in total. The minimum Gasteiger partial charge on any atom is -0.348 e. The fourth-order valence-electron chi connectivity index (χ4n) is 2.65. The Balaban J connectivity index is 2.00. The number of hydrogen-bond acceptors (Lipinski definition) is 4. The number of piperidine rings is 1. The Bertz CT molecular complexity index is 394. The summed E-state index contributed by atoms with van der Waals surface area (Å²) in [5, 5.41) is 1.05. The predicted molar refractivity (Wildman–Crippen MR) is 76.7 cm³/mol. The van der Waals surface area contributed by atoms with E-state index in [0.717, 1.165) is 47.4 Å². The van der Waals surface area contributed by atoms with Gasteiger partial charge in [-0.15, -0.1) is 0 Å². The van der Waals surface area contributed by atoms with Crippen LogP contribution in [-0.4, -0.2) is 24.4 Å². The third-order valence-electron chi connectivity index (χ3n) is 3.74. The average molecular weight is 266 g/mol. The van der Waals surface area contributed by atoms with Gasteiger partial charge < -0.3 is 4.90 Å². The van der Waals surface area contributed by atoms with Crippen LogP contribution < -0.4 is 4.90 Å². The lowest BCUT2D eigenvalue weighted by atomic mass is 9.93. The van der Waals surface area contributed by atoms with E-state index in [-0.39, 0.29) is 0 Å². The van der Waals surface area contributed by atoms with Gasteiger partial charge in [-0.05, 0) is 25.2 Å². The molecule has 0 amide bonds. The molecule has 3 nitrogen and oxygen atoms in total. The first kappa shape index (κ1) is 13.5. The van der Waals surface area contributed by atoms with E-state index in [0.29, 0.717) is 0 Å². The Morgan fingerprint density at radius 1 is 1.39 bits per heavy atom. The lowest BCUT2D eigenvalue weighted by Crippen LogP contribution is -2.33. The summed E-state index contributed by atoms with van der Waals surface area (Å²) in [4.78, 5) is 18.7. The van der Waals surface area contributed by atoms with Crippen LogP contribution in [-0.2, 0) is 6.42 Å². The number of carbonyl (C=O) groups is 1. The zero-order valence-electron chi connectivity index (χ0n) is 11.3. The van der Waals surface area contributed by atoms with Gasteiger partial charge in [-0.1, -0.05) is 38.0 Å². The lowest BCUT2D eigenvalue weighted by Gasteiger charge is -2.31. The number of aromatic nitrogens is 1. The molecular weight excluding hydrogens is 244 g/mol. The number of rotatable bonds is 5. The molecule has 2 rings (SSSR count). The van der Waals surface area contributed by atoms with Gasteiger partial charge in [-0.25, -0.2) is 4.98 Å². The molecule has 4 heteroatoms. The molecule has 1 aromatic heterocycles. The third kappa shape index (κ3) is 2.91. The molecule has 0 aliphatic carbocycles. The topological polar surface area (TPSA) is 33.2 Å². The van der Waals surface area contributed by atoms with Crippen LogP contribution in [0.1, 0.15) is 54.9 Å². The van der Waals surface area contributed by atoms with Gasteiger partial charge in [-0.2, -0.15) is 0 Å². The zero-order chi connectivity index (χ0) is 13.0. The lowest BCUT2D eigenvalue weighted by molar-refractivity contribution is 0.112. The van der Waals surface area contributed by atoms with E-state index >= 15 is 0 Å². The molecule has 0 aromatic carbocycles. The smallest absolute Gasteiger partial charge is 0.186 e. The number of nitrogens with zero attached hydrogens (tertiary/aromatic N) is 2. The van der Waals surface area contributed by atoms with Gasteiger partial charge in [-0.3, -0.25) is 4.79 Å². The molecule has 0 atom stereocenters. The van der Waals surface area contributed by atoms with Crippen molar-refractivity contribution >= 4 is 22.8 Å². The summed E-state index contributed by atoms with van der Waals surface area (Å²) in [7, 11) is 0. The first-order valence-corrected chi connectivity index (χ1v) is 7.79. The van der Waals surface area contributed by atoms with E-state index < -0.39 is 0 Å². The largest absolute Gasteiger partial charge is 0.348 e. The van der Waals surface area contributed by atoms with Gasteiger partial charge in [0.2, 0.25) is 0 Å². The monoisotopic (exact) mass is 266 g/mol. The van der Waals surface area contributed by atoms with Crippen molar-refractivity contribution in [2.24, 2.45) is 5.92 Å². The van der Waals surface area contributed by atoms with Crippen molar-refractivity contribution < 1.29 is 4.79 Å². The fourth-order valence-corrected chi connectivity index (χ4v) is 3.67. The van der Waals surface area contributed by atoms with Crippen LogP contribution in [0.4, 0.5) is 5.13 Å². The van der Waals surface area contributed by atoms with Gasteiger partial charge >= 0.3 is 0 Å². The van der Waals surface area contributed by atoms with E-state index in [1.54, 1.807) is 11.3 Å². The van der Waals surface area contributed by atoms with E-state index in [1.807, 2.05) is 0 Å². The van der Waals surface area contributed by atoms with Crippen molar-refractivity contribution in [2.45, 2.75) is 46.0 Å². The van der Waals surface area contributed by atoms with Crippen molar-refractivity contribution in [3.8, 4) is 0 Å². The highest BCUT2D eigenvalue weighted by Crippen LogP contribution is 2.30. The van der Waals surface area contributed by atoms with Crippen molar-refractivity contribution in [1.82, 2.24) is 4.98 Å². The summed E-state index contributed by atoms with van der Waals surface area (Å²) in [5.41, 5.74) is 0.959. The second-order valence-corrected chi connectivity index (χ2v) is 6.01. The van der Waals surface area contributed by atoms with E-state index in [9.17, 15) is 4.79 Å². The van der Waals surface area contributed by atoms with Crippen molar-refractivity contribution in [3.05, 3.63) is 10.6 Å². The summed E-state index contributed by atoms with van der Waals surface area (Å²) in [5.74, 6) is 0.891. The van der Waals surface area contributed by atoms with Crippen LogP contribution in [0.25, 0.3) is 0 Å². The molecular formula is C14H22N2OS. The van der Waals surface area contributed by atoms with Crippen LogP contribution >= 0.6 is 11.3 Å². The van der Waals surface area contributed by atoms with Gasteiger partial charge in [0.15, 0.2) is 11.4 Å². The summed E-state index contributed by atoms with van der Waals surface area (Å²) in [6, 6.07) is 0. The molecule has 1 aliphatic heterocycles. The number of aldehydes is 1. The maximum Gasteiger partial charge on any atom is 0.186 e. The Morgan fingerprint density at radius 3 is 2.61 bits per heavy atom. The van der Waals surface area contributed by atoms with Crippen LogP contribution in [0.15, 0.2) is 0 Å². The molecule has 1 saturated heterocycles. The Morgan fingerprint density at radius 2 is 2.11 bits per heavy atom. The van der Waals surface area contributed by atoms with Crippen LogP contribution in [0.2, 0.25) is 0 Å². The summed E-state index contributed by atoms with van der Waals surface area (Å²) >= 11 is 1.55. The van der Waals surface area contributed by atoms with E-state index in [4.69, 9.17) is 0 Å². The highest BCUT2D eigenvalue weighted by Gasteiger charge is 2.21. The number of anilines is 1. The van der Waals surface area contributed by atoms with E-state index in [2.05, 4.69) is 23.7 Å². The molecule has 0 radical (unpaired) electrons. The molecule has 1 aliphatic rings. The number of carbonyl (C=O) groups excluding carboxylic acids is 1. The maximum atomic E-state index is 11.0. The maximum absolute atomic E-state index is 11.0. The normalized spacial score (nSPS) is 17.1. The summed E-state index contributed by atoms with van der Waals surface area (Å²) < 4.78 is 0. The molecule has 2 heterocycles. The molecule has 1 aromatic rings. The van der Waals surface area contributed by atoms with Crippen molar-refractivity contribution in [2.75, 3.05) is 18.0 Å². The second-order valence-electron chi connectivity index (χ2n) is 5.00. The Hall–Kier alpha value is -0.900. The van der Waals surface area contributed by atoms with Gasteiger partial charge in [0, 0.05) is 13.1 Å². The molecule has 0 unspecified atom stereocenters. The predicted octanol–water partition coefficient (Wildman–Crippen LogP) is 3.53. The second kappa shape index (κ2) is 6.32. The molecule has 1 fully saturated rings. The van der Waals surface area contributed by atoms with Crippen LogP contribution in [0, 0.1) is 5.92 Å². The average Bonchev–Trinajstić information content (AvgIpc) is 2.83. The van der Waals surface area contributed by atoms with Gasteiger partial charge in [0.25, 0.3) is 0 Å². The van der Waals surface area contributed by atoms with Crippen LogP contribution in [0.5, 0.6) is 0 Å². The zero-order valence-corrected chi connectivity index (χ0v) is 12.1. The highest BCUT2D eigenvalue weighted by molar-refractivity contribution is 7.17. The van der Waals surface area contributed by atoms with Crippen molar-refractivity contribution in [3.63, 3.8) is 0 Å². The first-order valence-electron chi connectivity index (χ1n) is 6.98. The number of thiazole rings is 1. The fraction of sp³-hybridized carbons (Fsp3) is 0.714. The first-order chi connectivity index (χ1) is 8.78. The summed E-state index contributed by atoms with van der Waals surface area (Å²) in [6.45, 7) is 6.51. The minimum absolute atomic E-state index is 0.809. The summed E-state index contributed by atoms with van der Waals surface area (Å²) in [6.07, 6.45) is 6.97. The molecule has 18 heavy (non-hydrogen) atoms. The third-order valence-corrected chi connectivity index (χ3v) is 4.82. The van der Waals surface area contributed by atoms with Gasteiger partial charge in [0.05, 0.1) is 10.6 Å². The molecule has 100 valence electrons. The Kier molecular flexibility index (Phi) is 4.75. The quantitative estimate of drug-likeness (QED) is 0.764. The Labute approximate surface area is 113 Å². The molecule has 0 bridgehead atoms. The molecule has 0 spiro atoms. The van der Waals surface area contributed by atoms with Crippen LogP contribution in [0.3, 0.4) is 0 Å². The van der Waals surface area contributed by atoms with Gasteiger partial charge in [0.1, 0.15) is 0 Å². The number of hydrogen-bond donors (Lipinski definition) is 0. The van der Waals surface area contributed by atoms with Crippen molar-refractivity contribution in [1.29, 1.82) is 0 Å². The minimum atomic E-state index is 0.809.